The predicted molar refractivity (Wildman–Crippen MR) is 101 cm³/mol. The molecule has 1 N–H and O–H groups in total. The van der Waals surface area contributed by atoms with Gasteiger partial charge in [-0.25, -0.2) is 0 Å². The topological polar surface area (TPSA) is 67.9 Å². The molecule has 2 aromatic rings. The van der Waals surface area contributed by atoms with Crippen molar-refractivity contribution in [1.82, 2.24) is 0 Å². The van der Waals surface area contributed by atoms with Crippen molar-refractivity contribution in [2.75, 3.05) is 35.9 Å². The highest BCUT2D eigenvalue weighted by Crippen LogP contribution is 2.34. The Labute approximate surface area is 160 Å². The molecule has 0 unspecified atom stereocenters. The van der Waals surface area contributed by atoms with Gasteiger partial charge in [-0.2, -0.15) is 0 Å². The SMILES string of the molecule is O=C(CCl)Nc1ccc2c(c1)N(CCOc1ccc(Cl)cc1)C(=O)CO2. The Balaban J connectivity index is 1.71. The number of carbonyl (C=O) groups is 2. The highest BCUT2D eigenvalue weighted by Gasteiger charge is 2.26. The molecular formula is C18H16Cl2N2O4. The van der Waals surface area contributed by atoms with Gasteiger partial charge < -0.3 is 19.7 Å². The van der Waals surface area contributed by atoms with E-state index < -0.39 is 0 Å². The first-order valence-electron chi connectivity index (χ1n) is 7.88. The number of fused-ring (bicyclic) bond motifs is 1. The molecule has 0 saturated carbocycles. The standard InChI is InChI=1S/C18H16Cl2N2O4/c19-10-17(23)21-13-3-6-16-15(9-13)22(18(24)11-26-16)7-8-25-14-4-1-12(20)2-5-14/h1-6,9H,7-8,10-11H2,(H,21,23). The van der Waals surface area contributed by atoms with E-state index in [1.165, 1.54) is 0 Å². The van der Waals surface area contributed by atoms with Gasteiger partial charge >= 0.3 is 0 Å². The maximum Gasteiger partial charge on any atom is 0.265 e. The van der Waals surface area contributed by atoms with E-state index in [2.05, 4.69) is 5.32 Å². The number of nitrogens with one attached hydrogen (secondary N) is 1. The van der Waals surface area contributed by atoms with Crippen LogP contribution in [0.3, 0.4) is 0 Å². The number of nitrogens with zero attached hydrogens (tertiary/aromatic N) is 1. The van der Waals surface area contributed by atoms with Crippen LogP contribution in [0.2, 0.25) is 5.02 Å². The molecule has 0 radical (unpaired) electrons. The van der Waals surface area contributed by atoms with Gasteiger partial charge in [-0.1, -0.05) is 11.6 Å². The van der Waals surface area contributed by atoms with E-state index in [0.717, 1.165) is 0 Å². The number of rotatable bonds is 6. The lowest BCUT2D eigenvalue weighted by atomic mass is 10.2. The molecule has 3 rings (SSSR count). The Morgan fingerprint density at radius 2 is 2.00 bits per heavy atom. The minimum atomic E-state index is -0.327. The minimum absolute atomic E-state index is 0.0403. The monoisotopic (exact) mass is 394 g/mol. The van der Waals surface area contributed by atoms with Crippen molar-refractivity contribution in [3.63, 3.8) is 0 Å². The number of benzene rings is 2. The second-order valence-electron chi connectivity index (χ2n) is 5.50. The molecule has 0 bridgehead atoms. The molecule has 26 heavy (non-hydrogen) atoms. The molecule has 2 aromatic carbocycles. The molecule has 0 spiro atoms. The predicted octanol–water partition coefficient (Wildman–Crippen LogP) is 3.32. The zero-order valence-electron chi connectivity index (χ0n) is 13.7. The third-order valence-corrected chi connectivity index (χ3v) is 4.20. The third kappa shape index (κ3) is 4.39. The van der Waals surface area contributed by atoms with Crippen LogP contribution >= 0.6 is 23.2 Å². The van der Waals surface area contributed by atoms with Gasteiger partial charge in [0.15, 0.2) is 6.61 Å². The average Bonchev–Trinajstić information content (AvgIpc) is 2.65. The molecule has 1 heterocycles. The van der Waals surface area contributed by atoms with Crippen molar-refractivity contribution >= 4 is 46.4 Å². The fourth-order valence-electron chi connectivity index (χ4n) is 2.51. The maximum absolute atomic E-state index is 12.3. The first-order valence-corrected chi connectivity index (χ1v) is 8.79. The Kier molecular flexibility index (Phi) is 5.85. The molecule has 0 saturated heterocycles. The average molecular weight is 395 g/mol. The normalized spacial score (nSPS) is 13.0. The highest BCUT2D eigenvalue weighted by atomic mass is 35.5. The zero-order valence-corrected chi connectivity index (χ0v) is 15.2. The molecule has 0 atom stereocenters. The van der Waals surface area contributed by atoms with Crippen LogP contribution in [0, 0.1) is 0 Å². The molecule has 1 aliphatic rings. The van der Waals surface area contributed by atoms with Crippen LogP contribution in [-0.4, -0.2) is 37.5 Å². The van der Waals surface area contributed by atoms with Crippen molar-refractivity contribution in [2.45, 2.75) is 0 Å². The summed E-state index contributed by atoms with van der Waals surface area (Å²) < 4.78 is 11.1. The number of amides is 2. The third-order valence-electron chi connectivity index (χ3n) is 3.70. The molecule has 136 valence electrons. The maximum atomic E-state index is 12.3. The largest absolute Gasteiger partial charge is 0.492 e. The van der Waals surface area contributed by atoms with Gasteiger partial charge in [0.05, 0.1) is 12.2 Å². The number of halogens is 2. The number of alkyl halides is 1. The van der Waals surface area contributed by atoms with Crippen molar-refractivity contribution in [3.05, 3.63) is 47.5 Å². The summed E-state index contributed by atoms with van der Waals surface area (Å²) in [5.41, 5.74) is 1.12. The van der Waals surface area contributed by atoms with Gasteiger partial charge in [-0.05, 0) is 42.5 Å². The van der Waals surface area contributed by atoms with Crippen LogP contribution in [0.25, 0.3) is 0 Å². The fourth-order valence-corrected chi connectivity index (χ4v) is 2.70. The summed E-state index contributed by atoms with van der Waals surface area (Å²) in [4.78, 5) is 25.3. The van der Waals surface area contributed by atoms with Crippen molar-refractivity contribution in [1.29, 1.82) is 0 Å². The summed E-state index contributed by atoms with van der Waals surface area (Å²) in [6.07, 6.45) is 0. The van der Waals surface area contributed by atoms with E-state index in [4.69, 9.17) is 32.7 Å². The van der Waals surface area contributed by atoms with E-state index in [9.17, 15) is 9.59 Å². The van der Waals surface area contributed by atoms with E-state index in [0.29, 0.717) is 41.0 Å². The molecule has 0 fully saturated rings. The first-order chi connectivity index (χ1) is 12.6. The fraction of sp³-hybridized carbons (Fsp3) is 0.222. The van der Waals surface area contributed by atoms with Gasteiger partial charge in [0.2, 0.25) is 5.91 Å². The van der Waals surface area contributed by atoms with Gasteiger partial charge in [0.25, 0.3) is 5.91 Å². The van der Waals surface area contributed by atoms with Gasteiger partial charge in [-0.3, -0.25) is 9.59 Å². The molecule has 0 aliphatic carbocycles. The summed E-state index contributed by atoms with van der Waals surface area (Å²) in [7, 11) is 0. The van der Waals surface area contributed by atoms with E-state index >= 15 is 0 Å². The molecule has 6 nitrogen and oxygen atoms in total. The van der Waals surface area contributed by atoms with Crippen molar-refractivity contribution in [2.24, 2.45) is 0 Å². The summed E-state index contributed by atoms with van der Waals surface area (Å²) in [5.74, 6) is 0.578. The van der Waals surface area contributed by atoms with E-state index in [1.807, 2.05) is 0 Å². The summed E-state index contributed by atoms with van der Waals surface area (Å²) in [6.45, 7) is 0.594. The zero-order chi connectivity index (χ0) is 18.5. The van der Waals surface area contributed by atoms with Crippen LogP contribution in [0.1, 0.15) is 0 Å². The molecule has 8 heteroatoms. The van der Waals surface area contributed by atoms with Crippen molar-refractivity contribution < 1.29 is 19.1 Å². The number of hydrogen-bond donors (Lipinski definition) is 1. The van der Waals surface area contributed by atoms with Crippen molar-refractivity contribution in [3.8, 4) is 11.5 Å². The lowest BCUT2D eigenvalue weighted by Gasteiger charge is -2.29. The van der Waals surface area contributed by atoms with Crippen LogP contribution in [0.4, 0.5) is 11.4 Å². The minimum Gasteiger partial charge on any atom is -0.492 e. The Bertz CT molecular complexity index is 811. The van der Waals surface area contributed by atoms with Crippen LogP contribution in [0.15, 0.2) is 42.5 Å². The molecule has 0 aromatic heterocycles. The second-order valence-corrected chi connectivity index (χ2v) is 6.20. The number of carbonyl (C=O) groups excluding carboxylic acids is 2. The smallest absolute Gasteiger partial charge is 0.265 e. The summed E-state index contributed by atoms with van der Waals surface area (Å²) in [6, 6.07) is 12.1. The van der Waals surface area contributed by atoms with E-state index in [1.54, 1.807) is 47.4 Å². The highest BCUT2D eigenvalue weighted by molar-refractivity contribution is 6.30. The number of anilines is 2. The Morgan fingerprint density at radius 3 is 2.73 bits per heavy atom. The van der Waals surface area contributed by atoms with E-state index in [-0.39, 0.29) is 24.3 Å². The lowest BCUT2D eigenvalue weighted by molar-refractivity contribution is -0.121. The molecule has 1 aliphatic heterocycles. The summed E-state index contributed by atoms with van der Waals surface area (Å²) in [5, 5.41) is 3.28. The van der Waals surface area contributed by atoms with Gasteiger partial charge in [0, 0.05) is 10.7 Å². The number of hydrogen-bond acceptors (Lipinski definition) is 4. The summed E-state index contributed by atoms with van der Waals surface area (Å²) >= 11 is 11.4. The van der Waals surface area contributed by atoms with Crippen LogP contribution in [-0.2, 0) is 9.59 Å². The quantitative estimate of drug-likeness (QED) is 0.763. The molecular weight excluding hydrogens is 379 g/mol. The van der Waals surface area contributed by atoms with Crippen LogP contribution in [0.5, 0.6) is 11.5 Å². The van der Waals surface area contributed by atoms with Crippen LogP contribution < -0.4 is 19.7 Å². The number of ether oxygens (including phenoxy) is 2. The molecule has 2 amide bonds. The van der Waals surface area contributed by atoms with Gasteiger partial charge in [-0.15, -0.1) is 11.6 Å². The Morgan fingerprint density at radius 1 is 1.23 bits per heavy atom. The van der Waals surface area contributed by atoms with Gasteiger partial charge in [0.1, 0.15) is 24.0 Å². The second kappa shape index (κ2) is 8.29. The Hall–Kier alpha value is -2.44. The lowest BCUT2D eigenvalue weighted by Crippen LogP contribution is -2.41. The first kappa shape index (κ1) is 18.4.